The Labute approximate surface area is 167 Å². The van der Waals surface area contributed by atoms with E-state index >= 15 is 0 Å². The van der Waals surface area contributed by atoms with Crippen LogP contribution in [0.5, 0.6) is 0 Å². The van der Waals surface area contributed by atoms with Crippen molar-refractivity contribution in [3.05, 3.63) is 76.7 Å². The number of nitrogens with one attached hydrogen (secondary N) is 2. The van der Waals surface area contributed by atoms with Gasteiger partial charge in [0.1, 0.15) is 12.5 Å². The molecule has 0 unspecified atom stereocenters. The second-order valence-electron chi connectivity index (χ2n) is 7.22. The van der Waals surface area contributed by atoms with Crippen LogP contribution in [0.25, 0.3) is 5.82 Å². The van der Waals surface area contributed by atoms with Crippen molar-refractivity contribution < 1.29 is 9.21 Å². The predicted molar refractivity (Wildman–Crippen MR) is 112 cm³/mol. The van der Waals surface area contributed by atoms with Gasteiger partial charge in [0.05, 0.1) is 11.5 Å². The number of aryl methyl sites for hydroxylation is 2. The Hall–Kier alpha value is -3.74. The van der Waals surface area contributed by atoms with Gasteiger partial charge in [0.2, 0.25) is 5.55 Å². The van der Waals surface area contributed by atoms with Crippen LogP contribution < -0.4 is 32.0 Å². The summed E-state index contributed by atoms with van der Waals surface area (Å²) in [4.78, 5) is 18.6. The van der Waals surface area contributed by atoms with Crippen LogP contribution >= 0.6 is 0 Å². The lowest BCUT2D eigenvalue weighted by Gasteiger charge is -2.24. The van der Waals surface area contributed by atoms with Gasteiger partial charge in [-0.15, -0.1) is 0 Å². The Balaban J connectivity index is 1.27. The maximum atomic E-state index is 12.3. The van der Waals surface area contributed by atoms with Crippen LogP contribution in [0.1, 0.15) is 17.5 Å². The molecule has 0 bridgehead atoms. The van der Waals surface area contributed by atoms with Gasteiger partial charge in [-0.25, -0.2) is 9.79 Å². The molecule has 7 nitrogen and oxygen atoms in total. The van der Waals surface area contributed by atoms with Crippen molar-refractivity contribution in [2.45, 2.75) is 19.3 Å². The van der Waals surface area contributed by atoms with E-state index < -0.39 is 0 Å². The molecule has 0 fully saturated rings. The number of hydrogen-bond acceptors (Lipinski definition) is 5. The third-order valence-electron chi connectivity index (χ3n) is 5.36. The van der Waals surface area contributed by atoms with Crippen molar-refractivity contribution in [2.24, 2.45) is 10.7 Å². The van der Waals surface area contributed by atoms with Crippen LogP contribution in [-0.4, -0.2) is 12.7 Å². The van der Waals surface area contributed by atoms with E-state index in [0.29, 0.717) is 23.7 Å². The van der Waals surface area contributed by atoms with E-state index in [1.54, 1.807) is 12.3 Å². The molecule has 0 atom stereocenters. The Kier molecular flexibility index (Phi) is 4.20. The van der Waals surface area contributed by atoms with E-state index in [-0.39, 0.29) is 6.03 Å². The molecule has 29 heavy (non-hydrogen) atoms. The van der Waals surface area contributed by atoms with Crippen LogP contribution in [0.3, 0.4) is 0 Å². The number of fused-ring (bicyclic) bond motifs is 2. The summed E-state index contributed by atoms with van der Waals surface area (Å²) in [6.45, 7) is 0.387. The Bertz CT molecular complexity index is 1200. The number of carbonyl (C=O) groups is 1. The van der Waals surface area contributed by atoms with E-state index in [9.17, 15) is 4.79 Å². The normalized spacial score (nSPS) is 14.8. The van der Waals surface area contributed by atoms with Crippen molar-refractivity contribution >= 4 is 28.9 Å². The molecule has 1 aliphatic carbocycles. The highest BCUT2D eigenvalue weighted by Gasteiger charge is 2.16. The van der Waals surface area contributed by atoms with Gasteiger partial charge in [0.15, 0.2) is 0 Å². The number of rotatable bonds is 3. The summed E-state index contributed by atoms with van der Waals surface area (Å²) in [7, 11) is 0. The standard InChI is InChI=1S/C22H21N5O2/c23-20-19-10-11-29-21(19)24-13-27(20)18-8-6-16(7-9-18)25-22(28)26-17-5-4-14-2-1-3-15(14)12-17/h4-12H,1-3,13,23H2,(H2,25,26,28). The maximum Gasteiger partial charge on any atom is 0.323 e. The number of amides is 2. The third-order valence-corrected chi connectivity index (χ3v) is 5.36. The monoisotopic (exact) mass is 387 g/mol. The number of anilines is 3. The first-order valence-corrected chi connectivity index (χ1v) is 9.62. The van der Waals surface area contributed by atoms with Gasteiger partial charge in [0.25, 0.3) is 0 Å². The molecule has 1 aromatic heterocycles. The predicted octanol–water partition coefficient (Wildman–Crippen LogP) is 2.53. The molecule has 0 saturated carbocycles. The van der Waals surface area contributed by atoms with Gasteiger partial charge in [0, 0.05) is 17.1 Å². The zero-order valence-electron chi connectivity index (χ0n) is 15.8. The quantitative estimate of drug-likeness (QED) is 0.643. The molecule has 7 heteroatoms. The molecule has 0 spiro atoms. The van der Waals surface area contributed by atoms with Gasteiger partial charge in [-0.3, -0.25) is 0 Å². The summed E-state index contributed by atoms with van der Waals surface area (Å²) in [6.07, 6.45) is 4.97. The van der Waals surface area contributed by atoms with Crippen LogP contribution in [0.2, 0.25) is 0 Å². The van der Waals surface area contributed by atoms with Gasteiger partial charge in [-0.1, -0.05) is 6.07 Å². The van der Waals surface area contributed by atoms with E-state index in [2.05, 4.69) is 27.8 Å². The Morgan fingerprint density at radius 2 is 1.76 bits per heavy atom. The number of hydrogen-bond donors (Lipinski definition) is 3. The lowest BCUT2D eigenvalue weighted by Crippen LogP contribution is -2.42. The number of urea groups is 1. The number of nitrogens with zero attached hydrogens (tertiary/aromatic N) is 2. The lowest BCUT2D eigenvalue weighted by atomic mass is 10.1. The van der Waals surface area contributed by atoms with E-state index in [0.717, 1.165) is 29.4 Å². The fourth-order valence-corrected chi connectivity index (χ4v) is 3.86. The third kappa shape index (κ3) is 3.31. The van der Waals surface area contributed by atoms with Gasteiger partial charge >= 0.3 is 6.03 Å². The summed E-state index contributed by atoms with van der Waals surface area (Å²) in [6, 6.07) is 15.1. The number of furan rings is 1. The van der Waals surface area contributed by atoms with Crippen LogP contribution in [0, 0.1) is 0 Å². The molecular formula is C22H21N5O2. The molecule has 0 saturated heterocycles. The zero-order valence-corrected chi connectivity index (χ0v) is 15.8. The average Bonchev–Trinajstić information content (AvgIpc) is 3.38. The van der Waals surface area contributed by atoms with E-state index in [1.807, 2.05) is 35.2 Å². The van der Waals surface area contributed by atoms with Crippen molar-refractivity contribution in [3.63, 3.8) is 0 Å². The SMILES string of the molecule is NC1=c2ccoc2=NCN1c1ccc(NC(=O)Nc2ccc3c(c2)CCC3)cc1. The molecule has 146 valence electrons. The van der Waals surface area contributed by atoms with Gasteiger partial charge in [-0.2, -0.15) is 0 Å². The molecule has 5 rings (SSSR count). The second kappa shape index (κ2) is 7.01. The second-order valence-corrected chi connectivity index (χ2v) is 7.22. The summed E-state index contributed by atoms with van der Waals surface area (Å²) >= 11 is 0. The van der Waals surface area contributed by atoms with Crippen molar-refractivity contribution in [3.8, 4) is 0 Å². The minimum atomic E-state index is -0.266. The first kappa shape index (κ1) is 17.4. The highest BCUT2D eigenvalue weighted by molar-refractivity contribution is 6.00. The first-order valence-electron chi connectivity index (χ1n) is 9.62. The summed E-state index contributed by atoms with van der Waals surface area (Å²) < 4.78 is 5.30. The highest BCUT2D eigenvalue weighted by Crippen LogP contribution is 2.25. The van der Waals surface area contributed by atoms with Gasteiger partial charge < -0.3 is 25.7 Å². The fraction of sp³-hybridized carbons (Fsp3) is 0.182. The number of nitrogens with two attached hydrogens (primary N) is 1. The topological polar surface area (TPSA) is 95.9 Å². The Morgan fingerprint density at radius 3 is 2.62 bits per heavy atom. The number of benzene rings is 2. The minimum absolute atomic E-state index is 0.266. The summed E-state index contributed by atoms with van der Waals surface area (Å²) in [5, 5.41) is 6.55. The van der Waals surface area contributed by atoms with Crippen molar-refractivity contribution in [1.82, 2.24) is 0 Å². The van der Waals surface area contributed by atoms with E-state index in [4.69, 9.17) is 10.2 Å². The Morgan fingerprint density at radius 1 is 1.00 bits per heavy atom. The van der Waals surface area contributed by atoms with Crippen molar-refractivity contribution in [2.75, 3.05) is 22.2 Å². The van der Waals surface area contributed by atoms with E-state index in [1.165, 1.54) is 17.5 Å². The molecule has 3 aromatic rings. The van der Waals surface area contributed by atoms with Gasteiger partial charge in [-0.05, 0) is 72.9 Å². The van der Waals surface area contributed by atoms with Crippen LogP contribution in [-0.2, 0) is 12.8 Å². The molecule has 0 radical (unpaired) electrons. The smallest absolute Gasteiger partial charge is 0.323 e. The van der Waals surface area contributed by atoms with Crippen molar-refractivity contribution in [1.29, 1.82) is 0 Å². The molecule has 2 amide bonds. The van der Waals surface area contributed by atoms with Crippen LogP contribution in [0.15, 0.2) is 64.2 Å². The lowest BCUT2D eigenvalue weighted by molar-refractivity contribution is 0.262. The molecule has 2 aromatic carbocycles. The molecular weight excluding hydrogens is 366 g/mol. The fourth-order valence-electron chi connectivity index (χ4n) is 3.86. The molecule has 4 N–H and O–H groups in total. The van der Waals surface area contributed by atoms with Crippen LogP contribution in [0.4, 0.5) is 21.9 Å². The molecule has 2 heterocycles. The molecule has 2 aliphatic rings. The number of carbonyl (C=O) groups excluding carboxylic acids is 1. The largest absolute Gasteiger partial charge is 0.446 e. The first-order chi connectivity index (χ1) is 14.2. The average molecular weight is 387 g/mol. The summed E-state index contributed by atoms with van der Waals surface area (Å²) in [5.74, 6) is 0.596. The minimum Gasteiger partial charge on any atom is -0.446 e. The molecule has 1 aliphatic heterocycles. The zero-order chi connectivity index (χ0) is 19.8. The summed E-state index contributed by atoms with van der Waals surface area (Å²) in [5.41, 5.74) is 11.9. The maximum absolute atomic E-state index is 12.3. The highest BCUT2D eigenvalue weighted by atomic mass is 16.3.